The second kappa shape index (κ2) is 11.7. The van der Waals surface area contributed by atoms with E-state index in [1.807, 2.05) is 30.5 Å². The molecule has 7 aromatic carbocycles. The molecule has 3 heteroatoms. The van der Waals surface area contributed by atoms with Gasteiger partial charge in [0.15, 0.2) is 5.82 Å². The number of benzene rings is 7. The van der Waals surface area contributed by atoms with Gasteiger partial charge in [-0.1, -0.05) is 140 Å². The third kappa shape index (κ3) is 4.99. The molecule has 0 unspecified atom stereocenters. The Balaban J connectivity index is 1.14. The Morgan fingerprint density at radius 2 is 0.812 bits per heavy atom. The summed E-state index contributed by atoms with van der Waals surface area (Å²) in [5.74, 6) is 0.695. The molecule has 2 aromatic heterocycles. The van der Waals surface area contributed by atoms with Gasteiger partial charge in [-0.2, -0.15) is 0 Å². The minimum Gasteiger partial charge on any atom is -0.264 e. The van der Waals surface area contributed by atoms with Gasteiger partial charge in [0.05, 0.1) is 11.4 Å². The highest BCUT2D eigenvalue weighted by Gasteiger charge is 2.13. The number of fused-ring (bicyclic) bond motifs is 6. The highest BCUT2D eigenvalue weighted by Crippen LogP contribution is 2.37. The summed E-state index contributed by atoms with van der Waals surface area (Å²) in [6.07, 6.45) is 3.69. The number of hydrogen-bond acceptors (Lipinski definition) is 3. The van der Waals surface area contributed by atoms with Crippen LogP contribution in [0.1, 0.15) is 0 Å². The van der Waals surface area contributed by atoms with Crippen molar-refractivity contribution in [1.29, 1.82) is 0 Å². The molecule has 0 amide bonds. The smallest absolute Gasteiger partial charge is 0.160 e. The van der Waals surface area contributed by atoms with Gasteiger partial charge in [-0.05, 0) is 73.3 Å². The van der Waals surface area contributed by atoms with Crippen LogP contribution in [-0.4, -0.2) is 15.0 Å². The molecular weight excluding hydrogens is 583 g/mol. The van der Waals surface area contributed by atoms with Crippen LogP contribution in [0.2, 0.25) is 0 Å². The van der Waals surface area contributed by atoms with Crippen molar-refractivity contribution in [2.24, 2.45) is 0 Å². The summed E-state index contributed by atoms with van der Waals surface area (Å²) < 4.78 is 0. The van der Waals surface area contributed by atoms with Gasteiger partial charge >= 0.3 is 0 Å². The molecule has 0 aliphatic heterocycles. The fraction of sp³-hybridized carbons (Fsp3) is 0. The van der Waals surface area contributed by atoms with Crippen LogP contribution in [-0.2, 0) is 0 Å². The van der Waals surface area contributed by atoms with Crippen LogP contribution >= 0.6 is 0 Å². The summed E-state index contributed by atoms with van der Waals surface area (Å²) in [5.41, 5.74) is 9.33. The molecule has 9 rings (SSSR count). The predicted octanol–water partition coefficient (Wildman–Crippen LogP) is 11.7. The van der Waals surface area contributed by atoms with Crippen molar-refractivity contribution in [3.05, 3.63) is 176 Å². The molecular formula is C45H29N3. The van der Waals surface area contributed by atoms with Crippen LogP contribution in [0.3, 0.4) is 0 Å². The molecule has 0 bridgehead atoms. The fourth-order valence-corrected chi connectivity index (χ4v) is 6.77. The number of aromatic nitrogens is 3. The van der Waals surface area contributed by atoms with Crippen molar-refractivity contribution in [1.82, 2.24) is 15.0 Å². The Morgan fingerprint density at radius 3 is 1.50 bits per heavy atom. The lowest BCUT2D eigenvalue weighted by Crippen LogP contribution is -1.96. The van der Waals surface area contributed by atoms with E-state index >= 15 is 0 Å². The maximum atomic E-state index is 5.11. The second-order valence-electron chi connectivity index (χ2n) is 12.1. The molecule has 224 valence electrons. The van der Waals surface area contributed by atoms with Gasteiger partial charge in [-0.3, -0.25) is 4.98 Å². The minimum atomic E-state index is 0.695. The summed E-state index contributed by atoms with van der Waals surface area (Å²) >= 11 is 0. The summed E-state index contributed by atoms with van der Waals surface area (Å²) in [4.78, 5) is 14.5. The lowest BCUT2D eigenvalue weighted by atomic mass is 9.92. The van der Waals surface area contributed by atoms with E-state index in [9.17, 15) is 0 Å². The molecule has 9 aromatic rings. The van der Waals surface area contributed by atoms with Gasteiger partial charge < -0.3 is 0 Å². The standard InChI is InChI=1S/C45H29N3/c1-2-10-31(11-3-1)43-28-44(35-13-8-12-33(26-35)36-14-9-25-46-29-36)48-45(47-43)32-21-19-30(20-22-32)34-23-24-41-39-17-5-4-15-37(39)38-16-6-7-18-40(38)42(41)27-34/h1-29H. The largest absolute Gasteiger partial charge is 0.264 e. The van der Waals surface area contributed by atoms with Gasteiger partial charge in [0.25, 0.3) is 0 Å². The average Bonchev–Trinajstić information content (AvgIpc) is 3.18. The van der Waals surface area contributed by atoms with Crippen LogP contribution in [0.4, 0.5) is 0 Å². The maximum absolute atomic E-state index is 5.11. The van der Waals surface area contributed by atoms with E-state index in [2.05, 4.69) is 145 Å². The Labute approximate surface area is 278 Å². The molecule has 48 heavy (non-hydrogen) atoms. The van der Waals surface area contributed by atoms with Gasteiger partial charge in [-0.25, -0.2) is 9.97 Å². The first-order valence-electron chi connectivity index (χ1n) is 16.2. The summed E-state index contributed by atoms with van der Waals surface area (Å²) in [5, 5.41) is 7.67. The summed E-state index contributed by atoms with van der Waals surface area (Å²) in [7, 11) is 0. The van der Waals surface area contributed by atoms with E-state index < -0.39 is 0 Å². The minimum absolute atomic E-state index is 0.695. The normalized spacial score (nSPS) is 11.3. The highest BCUT2D eigenvalue weighted by molar-refractivity contribution is 6.25. The van der Waals surface area contributed by atoms with E-state index in [-0.39, 0.29) is 0 Å². The maximum Gasteiger partial charge on any atom is 0.160 e. The molecule has 0 saturated carbocycles. The molecule has 0 fully saturated rings. The Hall–Kier alpha value is -6.45. The first-order chi connectivity index (χ1) is 23.8. The third-order valence-electron chi connectivity index (χ3n) is 9.17. The zero-order chi connectivity index (χ0) is 31.9. The quantitative estimate of drug-likeness (QED) is 0.182. The average molecular weight is 612 g/mol. The third-order valence-corrected chi connectivity index (χ3v) is 9.17. The molecule has 0 aliphatic carbocycles. The lowest BCUT2D eigenvalue weighted by Gasteiger charge is -2.13. The molecule has 2 heterocycles. The van der Waals surface area contributed by atoms with Crippen molar-refractivity contribution in [3.8, 4) is 56.2 Å². The van der Waals surface area contributed by atoms with Crippen molar-refractivity contribution >= 4 is 32.3 Å². The van der Waals surface area contributed by atoms with Crippen LogP contribution in [0.5, 0.6) is 0 Å². The molecule has 0 atom stereocenters. The number of nitrogens with zero attached hydrogens (tertiary/aromatic N) is 3. The van der Waals surface area contributed by atoms with Crippen LogP contribution in [0.25, 0.3) is 88.5 Å². The summed E-state index contributed by atoms with van der Waals surface area (Å²) in [6, 6.07) is 57.8. The lowest BCUT2D eigenvalue weighted by molar-refractivity contribution is 1.18. The van der Waals surface area contributed by atoms with Gasteiger partial charge in [0.1, 0.15) is 0 Å². The molecule has 3 nitrogen and oxygen atoms in total. The Morgan fingerprint density at radius 1 is 0.292 bits per heavy atom. The van der Waals surface area contributed by atoms with Crippen molar-refractivity contribution < 1.29 is 0 Å². The Bertz CT molecular complexity index is 2560. The van der Waals surface area contributed by atoms with E-state index in [1.165, 1.54) is 37.9 Å². The summed E-state index contributed by atoms with van der Waals surface area (Å²) in [6.45, 7) is 0. The van der Waals surface area contributed by atoms with Crippen molar-refractivity contribution in [2.75, 3.05) is 0 Å². The van der Waals surface area contributed by atoms with Crippen molar-refractivity contribution in [3.63, 3.8) is 0 Å². The van der Waals surface area contributed by atoms with Gasteiger partial charge in [0, 0.05) is 34.6 Å². The second-order valence-corrected chi connectivity index (χ2v) is 12.1. The van der Waals surface area contributed by atoms with Crippen molar-refractivity contribution in [2.45, 2.75) is 0 Å². The predicted molar refractivity (Wildman–Crippen MR) is 200 cm³/mol. The first-order valence-corrected chi connectivity index (χ1v) is 16.2. The van der Waals surface area contributed by atoms with Gasteiger partial charge in [-0.15, -0.1) is 0 Å². The SMILES string of the molecule is c1ccc(-c2cc(-c3cccc(-c4cccnc4)c3)nc(-c3ccc(-c4ccc5c6ccccc6c6ccccc6c5c4)cc3)n2)cc1. The topological polar surface area (TPSA) is 38.7 Å². The van der Waals surface area contributed by atoms with E-state index in [0.717, 1.165) is 44.8 Å². The first kappa shape index (κ1) is 27.8. The van der Waals surface area contributed by atoms with Crippen LogP contribution in [0.15, 0.2) is 176 Å². The number of hydrogen-bond donors (Lipinski definition) is 0. The molecule has 0 aliphatic rings. The molecule has 0 radical (unpaired) electrons. The zero-order valence-corrected chi connectivity index (χ0v) is 26.1. The molecule has 0 N–H and O–H groups in total. The molecule has 0 saturated heterocycles. The monoisotopic (exact) mass is 611 g/mol. The zero-order valence-electron chi connectivity index (χ0n) is 26.1. The molecule has 0 spiro atoms. The fourth-order valence-electron chi connectivity index (χ4n) is 6.77. The number of pyridine rings is 1. The van der Waals surface area contributed by atoms with Gasteiger partial charge in [0.2, 0.25) is 0 Å². The Kier molecular flexibility index (Phi) is 6.80. The van der Waals surface area contributed by atoms with Crippen LogP contribution in [0, 0.1) is 0 Å². The number of rotatable bonds is 5. The van der Waals surface area contributed by atoms with E-state index in [0.29, 0.717) is 5.82 Å². The van der Waals surface area contributed by atoms with Crippen LogP contribution < -0.4 is 0 Å². The van der Waals surface area contributed by atoms with E-state index in [1.54, 1.807) is 6.20 Å². The highest BCUT2D eigenvalue weighted by atomic mass is 14.9. The van der Waals surface area contributed by atoms with E-state index in [4.69, 9.17) is 9.97 Å².